The molecule has 1 aliphatic rings. The van der Waals surface area contributed by atoms with E-state index in [-0.39, 0.29) is 12.5 Å². The minimum atomic E-state index is -1.56. The zero-order valence-electron chi connectivity index (χ0n) is 44.4. The lowest BCUT2D eigenvalue weighted by Crippen LogP contribution is -2.60. The number of allylic oxidation sites excluding steroid dienone is 6. The van der Waals surface area contributed by atoms with Crippen molar-refractivity contribution in [1.29, 1.82) is 0 Å². The molecule has 9 heteroatoms. The van der Waals surface area contributed by atoms with Crippen molar-refractivity contribution in [3.8, 4) is 0 Å². The first-order valence-electron chi connectivity index (χ1n) is 29.2. The predicted molar refractivity (Wildman–Crippen MR) is 286 cm³/mol. The summed E-state index contributed by atoms with van der Waals surface area (Å²) >= 11 is 0. The molecule has 0 radical (unpaired) electrons. The molecule has 1 fully saturated rings. The molecule has 400 valence electrons. The number of unbranched alkanes of at least 4 members (excludes halogenated alkanes) is 34. The van der Waals surface area contributed by atoms with E-state index in [1.54, 1.807) is 0 Å². The lowest BCUT2D eigenvalue weighted by molar-refractivity contribution is -0.302. The summed E-state index contributed by atoms with van der Waals surface area (Å²) in [6.07, 6.45) is 56.3. The molecule has 0 bridgehead atoms. The standard InChI is InChI=1S/C59H111NO8/c1-3-5-7-9-11-13-15-17-18-19-20-21-22-23-24-25-26-27-28-29-30-31-32-33-34-35-37-38-40-42-44-46-48-53(62)52(51-67-59-58(66)57(65)56(64)54(50-61)68-59)60-55(63)49-47-45-43-41-39-36-16-14-12-10-8-6-4-2/h6,8,12,14,36,39,52-54,56-59,61-62,64-66H,3-5,7,9-11,13,15-35,37-38,40-51H2,1-2H3,(H,60,63)/b8-6-,14-12-,39-36-. The number of amides is 1. The molecular formula is C59H111NO8. The van der Waals surface area contributed by atoms with Crippen molar-refractivity contribution in [2.24, 2.45) is 0 Å². The Kier molecular flexibility index (Phi) is 46.4. The fourth-order valence-electron chi connectivity index (χ4n) is 9.41. The number of aliphatic hydroxyl groups is 5. The third kappa shape index (κ3) is 38.1. The van der Waals surface area contributed by atoms with Crippen molar-refractivity contribution >= 4 is 5.91 Å². The lowest BCUT2D eigenvalue weighted by atomic mass is 9.99. The number of hydrogen-bond acceptors (Lipinski definition) is 8. The van der Waals surface area contributed by atoms with Crippen LogP contribution in [0, 0.1) is 0 Å². The molecular weight excluding hydrogens is 851 g/mol. The molecule has 9 nitrogen and oxygen atoms in total. The van der Waals surface area contributed by atoms with Gasteiger partial charge in [0, 0.05) is 6.42 Å². The average molecular weight is 963 g/mol. The van der Waals surface area contributed by atoms with E-state index in [0.29, 0.717) is 12.8 Å². The van der Waals surface area contributed by atoms with Gasteiger partial charge in [0.15, 0.2) is 6.29 Å². The summed E-state index contributed by atoms with van der Waals surface area (Å²) < 4.78 is 11.3. The maximum atomic E-state index is 13.0. The minimum absolute atomic E-state index is 0.149. The topological polar surface area (TPSA) is 149 Å². The molecule has 0 aromatic carbocycles. The molecule has 1 rings (SSSR count). The van der Waals surface area contributed by atoms with E-state index >= 15 is 0 Å². The van der Waals surface area contributed by atoms with Crippen LogP contribution in [0.2, 0.25) is 0 Å². The number of nitrogens with one attached hydrogen (secondary N) is 1. The number of hydrogen-bond donors (Lipinski definition) is 6. The summed E-state index contributed by atoms with van der Waals surface area (Å²) in [6.45, 7) is 3.72. The van der Waals surface area contributed by atoms with Crippen molar-refractivity contribution in [2.45, 2.75) is 320 Å². The molecule has 7 atom stereocenters. The Bertz CT molecular complexity index is 1160. The van der Waals surface area contributed by atoms with Crippen LogP contribution in [0.25, 0.3) is 0 Å². The Labute approximate surface area is 419 Å². The van der Waals surface area contributed by atoms with E-state index in [4.69, 9.17) is 9.47 Å². The normalized spacial score (nSPS) is 19.8. The van der Waals surface area contributed by atoms with E-state index in [0.717, 1.165) is 64.2 Å². The highest BCUT2D eigenvalue weighted by atomic mass is 16.7. The quantitative estimate of drug-likeness (QED) is 0.0261. The zero-order chi connectivity index (χ0) is 49.4. The van der Waals surface area contributed by atoms with Crippen molar-refractivity contribution in [2.75, 3.05) is 13.2 Å². The first-order chi connectivity index (χ1) is 33.3. The summed E-state index contributed by atoms with van der Waals surface area (Å²) in [4.78, 5) is 13.0. The van der Waals surface area contributed by atoms with E-state index in [9.17, 15) is 30.3 Å². The van der Waals surface area contributed by atoms with E-state index < -0.39 is 49.5 Å². The number of carbonyl (C=O) groups excluding carboxylic acids is 1. The molecule has 1 saturated heterocycles. The van der Waals surface area contributed by atoms with E-state index in [1.807, 2.05) is 0 Å². The van der Waals surface area contributed by atoms with Gasteiger partial charge in [0.25, 0.3) is 0 Å². The van der Waals surface area contributed by atoms with Gasteiger partial charge in [-0.15, -0.1) is 0 Å². The van der Waals surface area contributed by atoms with Crippen LogP contribution in [0.4, 0.5) is 0 Å². The maximum absolute atomic E-state index is 13.0. The molecule has 68 heavy (non-hydrogen) atoms. The number of rotatable bonds is 50. The summed E-state index contributed by atoms with van der Waals surface area (Å²) in [7, 11) is 0. The molecule has 1 amide bonds. The van der Waals surface area contributed by atoms with Gasteiger partial charge in [-0.05, 0) is 44.9 Å². The van der Waals surface area contributed by atoms with Gasteiger partial charge in [-0.25, -0.2) is 0 Å². The van der Waals surface area contributed by atoms with Gasteiger partial charge in [-0.3, -0.25) is 4.79 Å². The van der Waals surface area contributed by atoms with E-state index in [1.165, 1.54) is 186 Å². The maximum Gasteiger partial charge on any atom is 0.220 e. The molecule has 0 spiro atoms. The molecule has 6 N–H and O–H groups in total. The second kappa shape index (κ2) is 49.0. The Morgan fingerprint density at radius 2 is 0.912 bits per heavy atom. The van der Waals surface area contributed by atoms with Crippen LogP contribution in [0.15, 0.2) is 36.5 Å². The monoisotopic (exact) mass is 962 g/mol. The van der Waals surface area contributed by atoms with Crippen LogP contribution >= 0.6 is 0 Å². The molecule has 0 aromatic heterocycles. The van der Waals surface area contributed by atoms with Gasteiger partial charge in [0.2, 0.25) is 5.91 Å². The van der Waals surface area contributed by atoms with Gasteiger partial charge < -0.3 is 40.3 Å². The van der Waals surface area contributed by atoms with Crippen LogP contribution in [-0.2, 0) is 14.3 Å². The fourth-order valence-corrected chi connectivity index (χ4v) is 9.41. The van der Waals surface area contributed by atoms with Crippen molar-refractivity contribution < 1.29 is 39.8 Å². The molecule has 0 aliphatic carbocycles. The van der Waals surface area contributed by atoms with Crippen LogP contribution in [0.5, 0.6) is 0 Å². The van der Waals surface area contributed by atoms with Gasteiger partial charge in [-0.1, -0.05) is 262 Å². The summed E-state index contributed by atoms with van der Waals surface area (Å²) in [5.41, 5.74) is 0. The number of carbonyl (C=O) groups is 1. The smallest absolute Gasteiger partial charge is 0.220 e. The zero-order valence-corrected chi connectivity index (χ0v) is 44.4. The van der Waals surface area contributed by atoms with Gasteiger partial charge in [0.1, 0.15) is 24.4 Å². The molecule has 1 aliphatic heterocycles. The Morgan fingerprint density at radius 1 is 0.515 bits per heavy atom. The third-order valence-electron chi connectivity index (χ3n) is 14.0. The molecule has 7 unspecified atom stereocenters. The number of aliphatic hydroxyl groups excluding tert-OH is 5. The number of ether oxygens (including phenoxy) is 2. The second-order valence-electron chi connectivity index (χ2n) is 20.4. The summed E-state index contributed by atoms with van der Waals surface area (Å²) in [6, 6.07) is -0.734. The Morgan fingerprint density at radius 3 is 1.34 bits per heavy atom. The highest BCUT2D eigenvalue weighted by Gasteiger charge is 2.44. The third-order valence-corrected chi connectivity index (χ3v) is 14.0. The highest BCUT2D eigenvalue weighted by molar-refractivity contribution is 5.76. The van der Waals surface area contributed by atoms with Gasteiger partial charge >= 0.3 is 0 Å². The van der Waals surface area contributed by atoms with E-state index in [2.05, 4.69) is 55.6 Å². The first kappa shape index (κ1) is 64.4. The van der Waals surface area contributed by atoms with Crippen LogP contribution in [-0.4, -0.2) is 87.5 Å². The molecule has 1 heterocycles. The van der Waals surface area contributed by atoms with Gasteiger partial charge in [-0.2, -0.15) is 0 Å². The fraction of sp³-hybridized carbons (Fsp3) is 0.881. The van der Waals surface area contributed by atoms with Gasteiger partial charge in [0.05, 0.1) is 25.4 Å². The Balaban J connectivity index is 2.11. The largest absolute Gasteiger partial charge is 0.394 e. The molecule has 0 aromatic rings. The SMILES string of the molecule is CC/C=C\C/C=C\C/C=C\CCCCCC(=O)NC(COC1OC(CO)C(O)C(O)C1O)C(O)CCCCCCCCCCCCCCCCCCCCCCCCCCCCCCCCCC. The van der Waals surface area contributed by atoms with Crippen LogP contribution < -0.4 is 5.32 Å². The van der Waals surface area contributed by atoms with Crippen molar-refractivity contribution in [1.82, 2.24) is 5.32 Å². The van der Waals surface area contributed by atoms with Crippen LogP contribution in [0.3, 0.4) is 0 Å². The lowest BCUT2D eigenvalue weighted by Gasteiger charge is -2.40. The molecule has 0 saturated carbocycles. The second-order valence-corrected chi connectivity index (χ2v) is 20.4. The summed E-state index contributed by atoms with van der Waals surface area (Å²) in [5, 5.41) is 54.6. The van der Waals surface area contributed by atoms with Crippen molar-refractivity contribution in [3.05, 3.63) is 36.5 Å². The predicted octanol–water partition coefficient (Wildman–Crippen LogP) is 14.4. The first-order valence-corrected chi connectivity index (χ1v) is 29.2. The van der Waals surface area contributed by atoms with Crippen LogP contribution in [0.1, 0.15) is 277 Å². The Hall–Kier alpha value is -1.59. The average Bonchev–Trinajstić information content (AvgIpc) is 3.34. The van der Waals surface area contributed by atoms with Crippen molar-refractivity contribution in [3.63, 3.8) is 0 Å². The summed E-state index contributed by atoms with van der Waals surface area (Å²) in [5.74, 6) is -0.171. The highest BCUT2D eigenvalue weighted by Crippen LogP contribution is 2.23. The minimum Gasteiger partial charge on any atom is -0.394 e.